The van der Waals surface area contributed by atoms with Gasteiger partial charge >= 0.3 is 6.18 Å². The molecule has 25 heavy (non-hydrogen) atoms. The number of carbonyl (C=O) groups excluding carboxylic acids is 1. The molecule has 0 saturated heterocycles. The maximum atomic E-state index is 13.1. The second-order valence-electron chi connectivity index (χ2n) is 4.72. The van der Waals surface area contributed by atoms with Gasteiger partial charge in [-0.05, 0) is 71.2 Å². The van der Waals surface area contributed by atoms with Crippen molar-refractivity contribution in [3.8, 4) is 0 Å². The number of alkyl halides is 3. The van der Waals surface area contributed by atoms with E-state index >= 15 is 0 Å². The van der Waals surface area contributed by atoms with Crippen molar-refractivity contribution in [2.45, 2.75) is 6.18 Å². The highest BCUT2D eigenvalue weighted by Crippen LogP contribution is 2.35. The zero-order valence-corrected chi connectivity index (χ0v) is 16.5. The highest BCUT2D eigenvalue weighted by molar-refractivity contribution is 14.1. The zero-order chi connectivity index (χ0) is 18.8. The molecule has 0 fully saturated rings. The van der Waals surface area contributed by atoms with Crippen molar-refractivity contribution in [3.05, 3.63) is 61.1 Å². The average molecular weight is 519 g/mol. The number of benzene rings is 2. The summed E-state index contributed by atoms with van der Waals surface area (Å²) in [5.74, 6) is -0.630. The van der Waals surface area contributed by atoms with Gasteiger partial charge in [-0.15, -0.1) is 0 Å². The molecule has 2 rings (SSSR count). The Morgan fingerprint density at radius 3 is 2.36 bits per heavy atom. The number of hydrogen-bond donors (Lipinski definition) is 2. The lowest BCUT2D eigenvalue weighted by Crippen LogP contribution is -2.34. The number of halogens is 6. The Morgan fingerprint density at radius 1 is 1.08 bits per heavy atom. The molecule has 132 valence electrons. The fraction of sp³-hybridized carbons (Fsp3) is 0.0667. The standard InChI is InChI=1S/C15H8Cl2F3IN2OS/c16-10-3-1-7(5-11(10)17)13(24)23-14(25)22-12-4-2-8(21)6-9(12)15(18,19)20/h1-6H,(H2,22,23,24,25). The molecule has 0 aliphatic carbocycles. The summed E-state index contributed by atoms with van der Waals surface area (Å²) < 4.78 is 39.7. The van der Waals surface area contributed by atoms with Crippen LogP contribution in [0.5, 0.6) is 0 Å². The summed E-state index contributed by atoms with van der Waals surface area (Å²) in [7, 11) is 0. The Labute approximate surface area is 170 Å². The highest BCUT2D eigenvalue weighted by Gasteiger charge is 2.34. The molecular formula is C15H8Cl2F3IN2OS. The quantitative estimate of drug-likeness (QED) is 0.393. The molecule has 0 atom stereocenters. The Balaban J connectivity index is 2.15. The number of thiocarbonyl (C=S) groups is 1. The van der Waals surface area contributed by atoms with E-state index in [1.54, 1.807) is 22.6 Å². The van der Waals surface area contributed by atoms with Gasteiger partial charge in [0.1, 0.15) is 0 Å². The van der Waals surface area contributed by atoms with E-state index in [0.717, 1.165) is 6.07 Å². The summed E-state index contributed by atoms with van der Waals surface area (Å²) in [4.78, 5) is 12.1. The minimum atomic E-state index is -4.56. The van der Waals surface area contributed by atoms with Crippen LogP contribution in [0, 0.1) is 3.57 Å². The van der Waals surface area contributed by atoms with E-state index in [0.29, 0.717) is 3.57 Å². The number of anilines is 1. The molecule has 0 aliphatic rings. The van der Waals surface area contributed by atoms with Gasteiger partial charge in [0, 0.05) is 9.13 Å². The van der Waals surface area contributed by atoms with Gasteiger partial charge in [0.2, 0.25) is 0 Å². The average Bonchev–Trinajstić information content (AvgIpc) is 2.50. The summed E-state index contributed by atoms with van der Waals surface area (Å²) in [6.45, 7) is 0. The maximum absolute atomic E-state index is 13.1. The van der Waals surface area contributed by atoms with Crippen LogP contribution in [0.1, 0.15) is 15.9 Å². The third-order valence-electron chi connectivity index (χ3n) is 2.94. The molecule has 0 bridgehead atoms. The molecule has 0 unspecified atom stereocenters. The van der Waals surface area contributed by atoms with Gasteiger partial charge in [-0.25, -0.2) is 0 Å². The molecule has 0 spiro atoms. The largest absolute Gasteiger partial charge is 0.418 e. The van der Waals surface area contributed by atoms with E-state index in [2.05, 4.69) is 10.6 Å². The molecule has 1 amide bonds. The molecule has 0 heterocycles. The van der Waals surface area contributed by atoms with Crippen LogP contribution in [0.15, 0.2) is 36.4 Å². The van der Waals surface area contributed by atoms with E-state index in [-0.39, 0.29) is 26.4 Å². The van der Waals surface area contributed by atoms with Gasteiger partial charge in [0.05, 0.1) is 21.3 Å². The molecular weight excluding hydrogens is 511 g/mol. The monoisotopic (exact) mass is 518 g/mol. The van der Waals surface area contributed by atoms with E-state index in [4.69, 9.17) is 35.4 Å². The predicted molar refractivity (Wildman–Crippen MR) is 104 cm³/mol. The van der Waals surface area contributed by atoms with Crippen LogP contribution in [0.2, 0.25) is 10.0 Å². The lowest BCUT2D eigenvalue weighted by atomic mass is 10.1. The summed E-state index contributed by atoms with van der Waals surface area (Å²) >= 11 is 18.3. The summed E-state index contributed by atoms with van der Waals surface area (Å²) in [6.07, 6.45) is -4.56. The van der Waals surface area contributed by atoms with Gasteiger partial charge < -0.3 is 5.32 Å². The van der Waals surface area contributed by atoms with Crippen molar-refractivity contribution in [2.75, 3.05) is 5.32 Å². The number of carbonyl (C=O) groups is 1. The maximum Gasteiger partial charge on any atom is 0.418 e. The fourth-order valence-electron chi connectivity index (χ4n) is 1.83. The van der Waals surface area contributed by atoms with Crippen molar-refractivity contribution >= 4 is 74.7 Å². The Bertz CT molecular complexity index is 846. The third kappa shape index (κ3) is 5.44. The number of nitrogens with one attached hydrogen (secondary N) is 2. The van der Waals surface area contributed by atoms with Crippen LogP contribution in [-0.2, 0) is 6.18 Å². The first-order chi connectivity index (χ1) is 11.6. The molecule has 2 aromatic carbocycles. The van der Waals surface area contributed by atoms with Crippen molar-refractivity contribution in [3.63, 3.8) is 0 Å². The molecule has 10 heteroatoms. The Morgan fingerprint density at radius 2 is 1.76 bits per heavy atom. The second kappa shape index (κ2) is 8.07. The minimum absolute atomic E-state index is 0.164. The van der Waals surface area contributed by atoms with Crippen LogP contribution in [-0.4, -0.2) is 11.0 Å². The number of hydrogen-bond acceptors (Lipinski definition) is 2. The van der Waals surface area contributed by atoms with Gasteiger partial charge in [-0.2, -0.15) is 13.2 Å². The predicted octanol–water partition coefficient (Wildman–Crippen LogP) is 5.74. The molecule has 0 aliphatic heterocycles. The number of rotatable bonds is 2. The lowest BCUT2D eigenvalue weighted by molar-refractivity contribution is -0.137. The van der Waals surface area contributed by atoms with Crippen molar-refractivity contribution in [2.24, 2.45) is 0 Å². The SMILES string of the molecule is O=C(NC(=S)Nc1ccc(I)cc1C(F)(F)F)c1ccc(Cl)c(Cl)c1. The summed E-state index contributed by atoms with van der Waals surface area (Å²) in [5, 5.41) is 4.85. The highest BCUT2D eigenvalue weighted by atomic mass is 127. The molecule has 0 radical (unpaired) electrons. The zero-order valence-electron chi connectivity index (χ0n) is 12.0. The molecule has 0 aromatic heterocycles. The van der Waals surface area contributed by atoms with Crippen LogP contribution in [0.3, 0.4) is 0 Å². The molecule has 3 nitrogen and oxygen atoms in total. The first-order valence-corrected chi connectivity index (χ1v) is 8.76. The first kappa shape index (κ1) is 20.2. The molecule has 2 N–H and O–H groups in total. The van der Waals surface area contributed by atoms with E-state index < -0.39 is 17.6 Å². The van der Waals surface area contributed by atoms with Crippen LogP contribution >= 0.6 is 58.0 Å². The van der Waals surface area contributed by atoms with Gasteiger partial charge in [0.15, 0.2) is 5.11 Å². The Kier molecular flexibility index (Phi) is 6.52. The summed E-state index contributed by atoms with van der Waals surface area (Å²) in [6, 6.07) is 7.87. The molecule has 0 saturated carbocycles. The van der Waals surface area contributed by atoms with Crippen LogP contribution < -0.4 is 10.6 Å². The van der Waals surface area contributed by atoms with Crippen molar-refractivity contribution < 1.29 is 18.0 Å². The smallest absolute Gasteiger partial charge is 0.332 e. The van der Waals surface area contributed by atoms with Gasteiger partial charge in [-0.1, -0.05) is 23.2 Å². The fourth-order valence-corrected chi connectivity index (χ4v) is 2.82. The first-order valence-electron chi connectivity index (χ1n) is 6.52. The van der Waals surface area contributed by atoms with Crippen LogP contribution in [0.4, 0.5) is 18.9 Å². The van der Waals surface area contributed by atoms with E-state index in [9.17, 15) is 18.0 Å². The van der Waals surface area contributed by atoms with Gasteiger partial charge in [-0.3, -0.25) is 10.1 Å². The minimum Gasteiger partial charge on any atom is -0.332 e. The third-order valence-corrected chi connectivity index (χ3v) is 4.56. The van der Waals surface area contributed by atoms with Crippen molar-refractivity contribution in [1.82, 2.24) is 5.32 Å². The lowest BCUT2D eigenvalue weighted by Gasteiger charge is -2.16. The van der Waals surface area contributed by atoms with Crippen molar-refractivity contribution in [1.29, 1.82) is 0 Å². The topological polar surface area (TPSA) is 41.1 Å². The molecule has 2 aromatic rings. The van der Waals surface area contributed by atoms with E-state index in [1.807, 2.05) is 0 Å². The van der Waals surface area contributed by atoms with Gasteiger partial charge in [0.25, 0.3) is 5.91 Å². The van der Waals surface area contributed by atoms with Crippen LogP contribution in [0.25, 0.3) is 0 Å². The number of amides is 1. The normalized spacial score (nSPS) is 11.1. The Hall–Kier alpha value is -1.10. The van der Waals surface area contributed by atoms with E-state index in [1.165, 1.54) is 30.3 Å². The summed E-state index contributed by atoms with van der Waals surface area (Å²) in [5.41, 5.74) is -0.977. The second-order valence-corrected chi connectivity index (χ2v) is 7.19.